The Balaban J connectivity index is 1.50. The van der Waals surface area contributed by atoms with Gasteiger partial charge in [0.15, 0.2) is 0 Å². The van der Waals surface area contributed by atoms with E-state index in [0.717, 1.165) is 33.5 Å². The van der Waals surface area contributed by atoms with Crippen molar-refractivity contribution in [2.75, 3.05) is 11.4 Å². The largest absolute Gasteiger partial charge is 0.361 e. The van der Waals surface area contributed by atoms with E-state index < -0.39 is 0 Å². The number of hydrogen-bond donors (Lipinski definition) is 0. The fraction of sp³-hybridized carbons (Fsp3) is 0.300. The van der Waals surface area contributed by atoms with Crippen LogP contribution in [0, 0.1) is 13.8 Å². The van der Waals surface area contributed by atoms with Crippen LogP contribution in [0.4, 0.5) is 10.5 Å². The maximum atomic E-state index is 12.9. The number of aromatic nitrogens is 3. The minimum atomic E-state index is -0.337. The number of nitrogens with zero attached hydrogens (tertiary/aromatic N) is 5. The van der Waals surface area contributed by atoms with Crippen molar-refractivity contribution >= 4 is 33.6 Å². The van der Waals surface area contributed by atoms with E-state index in [1.54, 1.807) is 15.8 Å². The number of anilines is 1. The monoisotopic (exact) mass is 457 g/mol. The zero-order chi connectivity index (χ0) is 20.5. The molecule has 29 heavy (non-hydrogen) atoms. The molecule has 3 amide bonds. The Morgan fingerprint density at radius 1 is 1.17 bits per heavy atom. The Morgan fingerprint density at radius 2 is 1.97 bits per heavy atom. The van der Waals surface area contributed by atoms with Gasteiger partial charge in [-0.05, 0) is 25.0 Å². The third kappa shape index (κ3) is 3.82. The van der Waals surface area contributed by atoms with Gasteiger partial charge in [-0.1, -0.05) is 45.4 Å². The van der Waals surface area contributed by atoms with Gasteiger partial charge in [0.1, 0.15) is 12.3 Å². The van der Waals surface area contributed by atoms with E-state index >= 15 is 0 Å². The molecule has 0 N–H and O–H groups in total. The zero-order valence-corrected chi connectivity index (χ0v) is 17.7. The van der Waals surface area contributed by atoms with Gasteiger partial charge in [-0.25, -0.2) is 9.69 Å². The van der Waals surface area contributed by atoms with Gasteiger partial charge in [0.25, 0.3) is 5.91 Å². The first-order valence-corrected chi connectivity index (χ1v) is 10.3. The molecule has 1 aliphatic rings. The predicted octanol–water partition coefficient (Wildman–Crippen LogP) is 3.40. The lowest BCUT2D eigenvalue weighted by atomic mass is 10.1. The molecule has 3 heterocycles. The lowest BCUT2D eigenvalue weighted by molar-refractivity contribution is -0.116. The third-order valence-corrected chi connectivity index (χ3v) is 5.58. The van der Waals surface area contributed by atoms with Crippen LogP contribution in [0.1, 0.15) is 28.1 Å². The van der Waals surface area contributed by atoms with E-state index in [2.05, 4.69) is 26.2 Å². The van der Waals surface area contributed by atoms with Crippen LogP contribution in [0.3, 0.4) is 0 Å². The molecule has 1 aromatic carbocycles. The number of benzene rings is 1. The molecule has 0 saturated carbocycles. The number of halogens is 1. The topological polar surface area (TPSA) is 84.5 Å². The standard InChI is InChI=1S/C20H20BrN5O3/c1-13-18(14(2)29-23-13)11-25-10-17(8-22-25)26-19(27)12-24(20(26)28)9-16-5-3-4-15(6-16)7-21/h3-6,8,10H,7,9,11-12H2,1-2H3. The average Bonchev–Trinajstić information content (AvgIpc) is 3.37. The van der Waals surface area contributed by atoms with Gasteiger partial charge in [0, 0.05) is 23.6 Å². The Hall–Kier alpha value is -2.94. The van der Waals surface area contributed by atoms with Crippen LogP contribution in [0.25, 0.3) is 0 Å². The zero-order valence-electron chi connectivity index (χ0n) is 16.1. The fourth-order valence-electron chi connectivity index (χ4n) is 3.40. The van der Waals surface area contributed by atoms with Crippen LogP contribution in [0.2, 0.25) is 0 Å². The maximum Gasteiger partial charge on any atom is 0.332 e. The molecular weight excluding hydrogens is 438 g/mol. The molecule has 2 aromatic heterocycles. The number of carbonyl (C=O) groups is 2. The van der Waals surface area contributed by atoms with Gasteiger partial charge in [0.05, 0.1) is 24.1 Å². The molecule has 0 aliphatic carbocycles. The van der Waals surface area contributed by atoms with Crippen molar-refractivity contribution in [3.05, 3.63) is 64.8 Å². The first-order valence-electron chi connectivity index (χ1n) is 9.16. The van der Waals surface area contributed by atoms with Gasteiger partial charge < -0.3 is 9.42 Å². The minimum absolute atomic E-state index is 0.0480. The number of urea groups is 1. The predicted molar refractivity (Wildman–Crippen MR) is 110 cm³/mol. The van der Waals surface area contributed by atoms with Crippen molar-refractivity contribution in [1.82, 2.24) is 19.8 Å². The normalized spacial score (nSPS) is 14.3. The summed E-state index contributed by atoms with van der Waals surface area (Å²) in [5.41, 5.74) is 4.30. The molecule has 8 nitrogen and oxygen atoms in total. The van der Waals surface area contributed by atoms with E-state index in [4.69, 9.17) is 4.52 Å². The van der Waals surface area contributed by atoms with Gasteiger partial charge >= 0.3 is 6.03 Å². The molecule has 150 valence electrons. The van der Waals surface area contributed by atoms with E-state index in [9.17, 15) is 9.59 Å². The van der Waals surface area contributed by atoms with Crippen molar-refractivity contribution in [2.45, 2.75) is 32.3 Å². The van der Waals surface area contributed by atoms with Crippen LogP contribution < -0.4 is 4.90 Å². The van der Waals surface area contributed by atoms with E-state index in [-0.39, 0.29) is 18.5 Å². The first-order chi connectivity index (χ1) is 14.0. The first kappa shape index (κ1) is 19.4. The lowest BCUT2D eigenvalue weighted by Crippen LogP contribution is -2.32. The van der Waals surface area contributed by atoms with E-state index in [0.29, 0.717) is 18.8 Å². The Labute approximate surface area is 176 Å². The molecule has 3 aromatic rings. The quantitative estimate of drug-likeness (QED) is 0.418. The number of amides is 3. The van der Waals surface area contributed by atoms with E-state index in [1.807, 2.05) is 38.1 Å². The molecule has 1 saturated heterocycles. The summed E-state index contributed by atoms with van der Waals surface area (Å²) in [7, 11) is 0. The highest BCUT2D eigenvalue weighted by Crippen LogP contribution is 2.23. The Morgan fingerprint density at radius 3 is 2.69 bits per heavy atom. The summed E-state index contributed by atoms with van der Waals surface area (Å²) >= 11 is 3.44. The van der Waals surface area contributed by atoms with E-state index in [1.165, 1.54) is 11.1 Å². The van der Waals surface area contributed by atoms with Crippen molar-refractivity contribution < 1.29 is 14.1 Å². The maximum absolute atomic E-state index is 12.9. The lowest BCUT2D eigenvalue weighted by Gasteiger charge is -2.16. The molecule has 0 spiro atoms. The van der Waals surface area contributed by atoms with Gasteiger partial charge in [-0.2, -0.15) is 5.10 Å². The Bertz CT molecular complexity index is 1050. The number of aryl methyl sites for hydroxylation is 2. The third-order valence-electron chi connectivity index (χ3n) is 4.94. The molecule has 0 atom stereocenters. The molecule has 0 bridgehead atoms. The highest BCUT2D eigenvalue weighted by Gasteiger charge is 2.37. The van der Waals surface area contributed by atoms with Crippen LogP contribution in [-0.2, 0) is 23.2 Å². The summed E-state index contributed by atoms with van der Waals surface area (Å²) in [6.07, 6.45) is 3.22. The smallest absolute Gasteiger partial charge is 0.332 e. The minimum Gasteiger partial charge on any atom is -0.361 e. The number of imide groups is 1. The molecule has 1 fully saturated rings. The van der Waals surface area contributed by atoms with Crippen molar-refractivity contribution in [1.29, 1.82) is 0 Å². The summed E-state index contributed by atoms with van der Waals surface area (Å²) in [4.78, 5) is 28.1. The number of carbonyl (C=O) groups excluding carboxylic acids is 2. The van der Waals surface area contributed by atoms with Crippen LogP contribution in [-0.4, -0.2) is 38.3 Å². The second-order valence-corrected chi connectivity index (χ2v) is 7.58. The van der Waals surface area contributed by atoms with Crippen molar-refractivity contribution in [2.24, 2.45) is 0 Å². The molecule has 0 radical (unpaired) electrons. The summed E-state index contributed by atoms with van der Waals surface area (Å²) in [6.45, 7) is 4.60. The summed E-state index contributed by atoms with van der Waals surface area (Å²) in [5.74, 6) is 0.466. The molecule has 9 heteroatoms. The van der Waals surface area contributed by atoms with Gasteiger partial charge in [-0.15, -0.1) is 0 Å². The number of hydrogen-bond acceptors (Lipinski definition) is 5. The number of rotatable bonds is 6. The summed E-state index contributed by atoms with van der Waals surface area (Å²) in [5, 5.41) is 8.97. The van der Waals surface area contributed by atoms with Crippen LogP contribution in [0.15, 0.2) is 41.2 Å². The highest BCUT2D eigenvalue weighted by molar-refractivity contribution is 9.08. The summed E-state index contributed by atoms with van der Waals surface area (Å²) in [6, 6.07) is 7.60. The van der Waals surface area contributed by atoms with Crippen LogP contribution in [0.5, 0.6) is 0 Å². The summed E-state index contributed by atoms with van der Waals surface area (Å²) < 4.78 is 6.85. The highest BCUT2D eigenvalue weighted by atomic mass is 79.9. The fourth-order valence-corrected chi connectivity index (χ4v) is 3.75. The molecule has 0 unspecified atom stereocenters. The number of alkyl halides is 1. The average molecular weight is 458 g/mol. The van der Waals surface area contributed by atoms with Crippen molar-refractivity contribution in [3.8, 4) is 0 Å². The Kier molecular flexibility index (Phi) is 5.23. The molecular formula is C20H20BrN5O3. The SMILES string of the molecule is Cc1noc(C)c1Cn1cc(N2C(=O)CN(Cc3cccc(CBr)c3)C2=O)cn1. The second kappa shape index (κ2) is 7.82. The van der Waals surface area contributed by atoms with Gasteiger partial charge in [-0.3, -0.25) is 9.48 Å². The van der Waals surface area contributed by atoms with Crippen molar-refractivity contribution in [3.63, 3.8) is 0 Å². The second-order valence-electron chi connectivity index (χ2n) is 7.02. The van der Waals surface area contributed by atoms with Crippen LogP contribution >= 0.6 is 15.9 Å². The molecule has 4 rings (SSSR count). The molecule has 1 aliphatic heterocycles. The van der Waals surface area contributed by atoms with Gasteiger partial charge in [0.2, 0.25) is 0 Å².